The maximum absolute atomic E-state index is 12.6. The molecule has 3 aromatic rings. The summed E-state index contributed by atoms with van der Waals surface area (Å²) in [4.78, 5) is 21.4. The average molecular weight is 353 g/mol. The maximum atomic E-state index is 12.6. The molecule has 1 amide bonds. The molecule has 0 bridgehead atoms. The number of pyridine rings is 1. The second kappa shape index (κ2) is 6.73. The number of amides is 1. The van der Waals surface area contributed by atoms with E-state index >= 15 is 0 Å². The lowest BCUT2D eigenvalue weighted by molar-refractivity contribution is 0.0945. The fraction of sp³-hybridized carbons (Fsp3) is 0.400. The van der Waals surface area contributed by atoms with Crippen molar-refractivity contribution in [3.05, 3.63) is 40.8 Å². The number of likely N-dealkylation sites (tertiary alicyclic amines) is 1. The van der Waals surface area contributed by atoms with Crippen LogP contribution in [0.4, 0.5) is 0 Å². The lowest BCUT2D eigenvalue weighted by Crippen LogP contribution is -2.39. The Hall–Kier alpha value is -1.98. The van der Waals surface area contributed by atoms with Gasteiger partial charge in [0.1, 0.15) is 4.83 Å². The topological polar surface area (TPSA) is 45.2 Å². The Morgan fingerprint density at radius 3 is 3.04 bits per heavy atom. The Kier molecular flexibility index (Phi) is 4.44. The molecule has 1 unspecified atom stereocenters. The van der Waals surface area contributed by atoms with Crippen molar-refractivity contribution in [2.24, 2.45) is 0 Å². The van der Waals surface area contributed by atoms with Crippen LogP contribution < -0.4 is 5.32 Å². The van der Waals surface area contributed by atoms with Gasteiger partial charge >= 0.3 is 0 Å². The van der Waals surface area contributed by atoms with Crippen LogP contribution in [0.2, 0.25) is 0 Å². The number of thiophene rings is 1. The van der Waals surface area contributed by atoms with Crippen molar-refractivity contribution in [1.82, 2.24) is 15.2 Å². The quantitative estimate of drug-likeness (QED) is 0.772. The van der Waals surface area contributed by atoms with Gasteiger partial charge in [0.2, 0.25) is 0 Å². The summed E-state index contributed by atoms with van der Waals surface area (Å²) in [5.74, 6) is 0.0196. The van der Waals surface area contributed by atoms with Crippen molar-refractivity contribution in [3.63, 3.8) is 0 Å². The molecule has 1 aliphatic rings. The van der Waals surface area contributed by atoms with Crippen LogP contribution in [0.5, 0.6) is 0 Å². The molecule has 1 fully saturated rings. The summed E-state index contributed by atoms with van der Waals surface area (Å²) < 4.78 is 0. The summed E-state index contributed by atoms with van der Waals surface area (Å²) >= 11 is 1.48. The van der Waals surface area contributed by atoms with E-state index in [0.29, 0.717) is 6.04 Å². The van der Waals surface area contributed by atoms with E-state index in [1.54, 1.807) is 0 Å². The van der Waals surface area contributed by atoms with E-state index in [9.17, 15) is 4.79 Å². The van der Waals surface area contributed by atoms with E-state index in [4.69, 9.17) is 4.98 Å². The first-order chi connectivity index (χ1) is 12.1. The van der Waals surface area contributed by atoms with Crippen LogP contribution in [-0.4, -0.2) is 41.5 Å². The van der Waals surface area contributed by atoms with Crippen LogP contribution in [0, 0.1) is 6.92 Å². The lowest BCUT2D eigenvalue weighted by atomic mass is 10.1. The highest BCUT2D eigenvalue weighted by molar-refractivity contribution is 7.20. The van der Waals surface area contributed by atoms with Gasteiger partial charge in [-0.1, -0.05) is 19.1 Å². The Balaban J connectivity index is 1.54. The molecule has 0 spiro atoms. The van der Waals surface area contributed by atoms with Gasteiger partial charge in [0.05, 0.1) is 10.4 Å². The van der Waals surface area contributed by atoms with Crippen molar-refractivity contribution in [2.75, 3.05) is 19.6 Å². The molecule has 4 rings (SSSR count). The van der Waals surface area contributed by atoms with E-state index in [0.717, 1.165) is 45.6 Å². The summed E-state index contributed by atoms with van der Waals surface area (Å²) in [6, 6.07) is 10.8. The number of fused-ring (bicyclic) bond motifs is 2. The normalized spacial score (nSPS) is 18.2. The zero-order valence-electron chi connectivity index (χ0n) is 14.7. The van der Waals surface area contributed by atoms with Crippen molar-refractivity contribution < 1.29 is 4.79 Å². The van der Waals surface area contributed by atoms with E-state index in [1.165, 1.54) is 29.7 Å². The number of benzene rings is 1. The summed E-state index contributed by atoms with van der Waals surface area (Å²) in [5.41, 5.74) is 2.19. The number of nitrogens with zero attached hydrogens (tertiary/aromatic N) is 2. The minimum absolute atomic E-state index is 0.0196. The minimum Gasteiger partial charge on any atom is -0.350 e. The molecule has 1 atom stereocenters. The predicted octanol–water partition coefficient (Wildman–Crippen LogP) is 3.97. The standard InChI is InChI=1S/C20H23N3OS/c1-3-23-8-4-5-16(23)12-21-19(24)18-11-15-10-14-7-6-13(2)9-17(14)22-20(15)25-18/h6-7,9-11,16H,3-5,8,12H2,1-2H3,(H,21,24). The number of hydrogen-bond acceptors (Lipinski definition) is 4. The highest BCUT2D eigenvalue weighted by Crippen LogP contribution is 2.28. The Morgan fingerprint density at radius 1 is 1.32 bits per heavy atom. The van der Waals surface area contributed by atoms with Crippen LogP contribution in [0.15, 0.2) is 30.3 Å². The van der Waals surface area contributed by atoms with Crippen LogP contribution >= 0.6 is 11.3 Å². The smallest absolute Gasteiger partial charge is 0.261 e. The Morgan fingerprint density at radius 2 is 2.20 bits per heavy atom. The zero-order chi connectivity index (χ0) is 17.4. The second-order valence-electron chi connectivity index (χ2n) is 6.82. The van der Waals surface area contributed by atoms with Gasteiger partial charge in [-0.15, -0.1) is 11.3 Å². The second-order valence-corrected chi connectivity index (χ2v) is 7.85. The van der Waals surface area contributed by atoms with Crippen molar-refractivity contribution in [3.8, 4) is 0 Å². The molecule has 1 saturated heterocycles. The van der Waals surface area contributed by atoms with Gasteiger partial charge in [0.25, 0.3) is 5.91 Å². The summed E-state index contributed by atoms with van der Waals surface area (Å²) in [5, 5.41) is 5.28. The number of likely N-dealkylation sites (N-methyl/N-ethyl adjacent to an activating group) is 1. The molecule has 4 nitrogen and oxygen atoms in total. The lowest BCUT2D eigenvalue weighted by Gasteiger charge is -2.22. The molecule has 130 valence electrons. The molecule has 2 aromatic heterocycles. The molecule has 5 heteroatoms. The minimum atomic E-state index is 0.0196. The van der Waals surface area contributed by atoms with Crippen LogP contribution in [-0.2, 0) is 0 Å². The third-order valence-corrected chi connectivity index (χ3v) is 6.13. The SMILES string of the molecule is CCN1CCCC1CNC(=O)c1cc2cc3ccc(C)cc3nc2s1. The van der Waals surface area contributed by atoms with Crippen molar-refractivity contribution in [1.29, 1.82) is 0 Å². The number of hydrogen-bond donors (Lipinski definition) is 1. The van der Waals surface area contributed by atoms with Crippen LogP contribution in [0.3, 0.4) is 0 Å². The van der Waals surface area contributed by atoms with Crippen molar-refractivity contribution in [2.45, 2.75) is 32.7 Å². The van der Waals surface area contributed by atoms with Crippen LogP contribution in [0.1, 0.15) is 35.0 Å². The monoisotopic (exact) mass is 353 g/mol. The highest BCUT2D eigenvalue weighted by atomic mass is 32.1. The molecule has 0 saturated carbocycles. The molecule has 1 N–H and O–H groups in total. The van der Waals surface area contributed by atoms with Gasteiger partial charge in [0.15, 0.2) is 0 Å². The van der Waals surface area contributed by atoms with Crippen molar-refractivity contribution >= 4 is 38.4 Å². The van der Waals surface area contributed by atoms with E-state index in [1.807, 2.05) is 6.07 Å². The first-order valence-corrected chi connectivity index (χ1v) is 9.79. The number of carbonyl (C=O) groups is 1. The molecule has 3 heterocycles. The maximum Gasteiger partial charge on any atom is 0.261 e. The predicted molar refractivity (Wildman–Crippen MR) is 104 cm³/mol. The number of aryl methyl sites for hydroxylation is 1. The largest absolute Gasteiger partial charge is 0.350 e. The number of nitrogens with one attached hydrogen (secondary N) is 1. The van der Waals surface area contributed by atoms with Gasteiger partial charge in [-0.25, -0.2) is 4.98 Å². The molecule has 0 aliphatic carbocycles. The first kappa shape index (κ1) is 16.5. The molecule has 1 aromatic carbocycles. The summed E-state index contributed by atoms with van der Waals surface area (Å²) in [6.45, 7) is 7.19. The van der Waals surface area contributed by atoms with Gasteiger partial charge in [-0.05, 0) is 56.6 Å². The number of rotatable bonds is 4. The zero-order valence-corrected chi connectivity index (χ0v) is 15.5. The average Bonchev–Trinajstić information content (AvgIpc) is 3.23. The molecule has 0 radical (unpaired) electrons. The summed E-state index contributed by atoms with van der Waals surface area (Å²) in [7, 11) is 0. The fourth-order valence-electron chi connectivity index (χ4n) is 3.69. The molecule has 1 aliphatic heterocycles. The van der Waals surface area contributed by atoms with Gasteiger partial charge in [-0.3, -0.25) is 9.69 Å². The fourth-order valence-corrected chi connectivity index (χ4v) is 4.63. The number of aromatic nitrogens is 1. The summed E-state index contributed by atoms with van der Waals surface area (Å²) in [6.07, 6.45) is 2.40. The first-order valence-electron chi connectivity index (χ1n) is 8.97. The van der Waals surface area contributed by atoms with Gasteiger partial charge in [0, 0.05) is 23.4 Å². The Bertz CT molecular complexity index is 933. The molecule has 25 heavy (non-hydrogen) atoms. The van der Waals surface area contributed by atoms with E-state index < -0.39 is 0 Å². The third kappa shape index (κ3) is 3.26. The van der Waals surface area contributed by atoms with E-state index in [2.05, 4.69) is 48.3 Å². The molecular formula is C20H23N3OS. The third-order valence-electron chi connectivity index (χ3n) is 5.09. The molecular weight excluding hydrogens is 330 g/mol. The van der Waals surface area contributed by atoms with Gasteiger partial charge in [-0.2, -0.15) is 0 Å². The number of carbonyl (C=O) groups excluding carboxylic acids is 1. The highest BCUT2D eigenvalue weighted by Gasteiger charge is 2.23. The Labute approximate surface area is 151 Å². The van der Waals surface area contributed by atoms with Crippen LogP contribution in [0.25, 0.3) is 21.1 Å². The van der Waals surface area contributed by atoms with E-state index in [-0.39, 0.29) is 5.91 Å². The van der Waals surface area contributed by atoms with Gasteiger partial charge < -0.3 is 5.32 Å².